The van der Waals surface area contributed by atoms with Crippen LogP contribution in [0.25, 0.3) is 0 Å². The Kier molecular flexibility index (Phi) is 19.0. The summed E-state index contributed by atoms with van der Waals surface area (Å²) in [6, 6.07) is 8.14. The maximum Gasteiger partial charge on any atom is 0.237 e. The average Bonchev–Trinajstić information content (AvgIpc) is 2.93. The van der Waals surface area contributed by atoms with Gasteiger partial charge in [0, 0.05) is 45.0 Å². The standard InChI is InChI=1S/C18H30N2O2S.C7H11FN2O.C2H5NO/c1-5-18(3,23-4)19-16-7-6-15(2)17(14-16)22-13-10-20-8-11-21-12-9-20;1-5(3-9)7(11)10-4-6(2)8;1-3-2-4/h6-7,14,19H,5,8-13H2,1-4H3;5-6H,4H2,1-2H3,(H,10,11);2H,1H3,(H,3,4). The van der Waals surface area contributed by atoms with Crippen molar-refractivity contribution in [3.63, 3.8) is 0 Å². The van der Waals surface area contributed by atoms with Crippen LogP contribution in [0.2, 0.25) is 0 Å². The Hall–Kier alpha value is -2.55. The van der Waals surface area contributed by atoms with Crippen LogP contribution in [-0.2, 0) is 14.3 Å². The van der Waals surface area contributed by atoms with Crippen molar-refractivity contribution in [3.05, 3.63) is 23.8 Å². The van der Waals surface area contributed by atoms with Gasteiger partial charge in [-0.3, -0.25) is 14.5 Å². The number of aryl methyl sites for hydroxylation is 1. The first kappa shape index (κ1) is 35.5. The number of morpholine rings is 1. The van der Waals surface area contributed by atoms with E-state index in [9.17, 15) is 9.18 Å². The Morgan fingerprint density at radius 3 is 2.50 bits per heavy atom. The van der Waals surface area contributed by atoms with Gasteiger partial charge in [-0.25, -0.2) is 4.39 Å². The number of hydrogen-bond acceptors (Lipinski definition) is 8. The first-order chi connectivity index (χ1) is 18.0. The zero-order valence-corrected chi connectivity index (χ0v) is 24.8. The Bertz CT molecular complexity index is 843. The van der Waals surface area contributed by atoms with Gasteiger partial charge < -0.3 is 25.4 Å². The third kappa shape index (κ3) is 15.6. The predicted octanol–water partition coefficient (Wildman–Crippen LogP) is 3.59. The number of anilines is 1. The molecular formula is C27H46FN5O4S. The van der Waals surface area contributed by atoms with Crippen LogP contribution in [0.15, 0.2) is 18.2 Å². The molecule has 1 aliphatic heterocycles. The molecule has 1 saturated heterocycles. The van der Waals surface area contributed by atoms with Crippen LogP contribution < -0.4 is 20.7 Å². The lowest BCUT2D eigenvalue weighted by Crippen LogP contribution is -2.38. The average molecular weight is 556 g/mol. The number of halogens is 1. The minimum atomic E-state index is -1.06. The number of alkyl halides is 1. The smallest absolute Gasteiger partial charge is 0.237 e. The van der Waals surface area contributed by atoms with Crippen LogP contribution in [0.1, 0.15) is 39.7 Å². The van der Waals surface area contributed by atoms with Crippen molar-refractivity contribution in [2.45, 2.75) is 52.1 Å². The van der Waals surface area contributed by atoms with Gasteiger partial charge in [0.15, 0.2) is 0 Å². The van der Waals surface area contributed by atoms with E-state index in [0.717, 1.165) is 57.3 Å². The second-order valence-corrected chi connectivity index (χ2v) is 10.3. The summed E-state index contributed by atoms with van der Waals surface area (Å²) in [4.78, 5) is 22.3. The molecule has 0 spiro atoms. The van der Waals surface area contributed by atoms with E-state index >= 15 is 0 Å². The van der Waals surface area contributed by atoms with E-state index < -0.39 is 18.0 Å². The quantitative estimate of drug-likeness (QED) is 0.265. The maximum absolute atomic E-state index is 12.1. The van der Waals surface area contributed by atoms with E-state index in [-0.39, 0.29) is 11.4 Å². The molecule has 0 saturated carbocycles. The van der Waals surface area contributed by atoms with Crippen molar-refractivity contribution in [2.75, 3.05) is 64.6 Å². The molecule has 1 aromatic rings. The van der Waals surface area contributed by atoms with E-state index in [2.05, 4.69) is 66.1 Å². The van der Waals surface area contributed by atoms with E-state index in [4.69, 9.17) is 19.5 Å². The summed E-state index contributed by atoms with van der Waals surface area (Å²) in [6.07, 6.45) is 2.77. The van der Waals surface area contributed by atoms with Gasteiger partial charge in [0.2, 0.25) is 12.3 Å². The molecule has 1 heterocycles. The Labute approximate surface area is 232 Å². The highest BCUT2D eigenvalue weighted by Gasteiger charge is 2.20. The minimum Gasteiger partial charge on any atom is -0.492 e. The molecule has 0 aromatic heterocycles. The van der Waals surface area contributed by atoms with Crippen LogP contribution in [0.4, 0.5) is 10.1 Å². The third-order valence-electron chi connectivity index (χ3n) is 5.75. The van der Waals surface area contributed by atoms with Crippen LogP contribution >= 0.6 is 11.8 Å². The number of thioether (sulfide) groups is 1. The fourth-order valence-electron chi connectivity index (χ4n) is 2.98. The lowest BCUT2D eigenvalue weighted by molar-refractivity contribution is -0.123. The molecule has 0 bridgehead atoms. The van der Waals surface area contributed by atoms with Gasteiger partial charge in [-0.1, -0.05) is 13.0 Å². The van der Waals surface area contributed by atoms with Crippen molar-refractivity contribution in [3.8, 4) is 11.8 Å². The van der Waals surface area contributed by atoms with Gasteiger partial charge >= 0.3 is 0 Å². The number of nitrogens with one attached hydrogen (secondary N) is 3. The zero-order valence-electron chi connectivity index (χ0n) is 23.9. The minimum absolute atomic E-state index is 0.0230. The van der Waals surface area contributed by atoms with Crippen molar-refractivity contribution in [2.24, 2.45) is 5.92 Å². The molecule has 38 heavy (non-hydrogen) atoms. The highest BCUT2D eigenvalue weighted by atomic mass is 32.2. The summed E-state index contributed by atoms with van der Waals surface area (Å²) >= 11 is 1.84. The molecule has 216 valence electrons. The monoisotopic (exact) mass is 555 g/mol. The van der Waals surface area contributed by atoms with Crippen LogP contribution in [-0.4, -0.2) is 87.6 Å². The van der Waals surface area contributed by atoms with E-state index in [1.807, 2.05) is 11.8 Å². The first-order valence-electron chi connectivity index (χ1n) is 12.8. The molecule has 2 amide bonds. The molecule has 0 aliphatic carbocycles. The molecule has 1 fully saturated rings. The fraction of sp³-hybridized carbons (Fsp3) is 0.667. The summed E-state index contributed by atoms with van der Waals surface area (Å²) in [5, 5.41) is 16.4. The van der Waals surface area contributed by atoms with Crippen molar-refractivity contribution >= 4 is 29.8 Å². The van der Waals surface area contributed by atoms with Gasteiger partial charge in [0.25, 0.3) is 0 Å². The molecule has 1 aliphatic rings. The summed E-state index contributed by atoms with van der Waals surface area (Å²) in [7, 11) is 1.56. The Morgan fingerprint density at radius 2 is 2.00 bits per heavy atom. The lowest BCUT2D eigenvalue weighted by Gasteiger charge is -2.29. The predicted molar refractivity (Wildman–Crippen MR) is 153 cm³/mol. The Balaban J connectivity index is 0.000000762. The van der Waals surface area contributed by atoms with Crippen molar-refractivity contribution in [1.82, 2.24) is 15.5 Å². The molecule has 9 nitrogen and oxygen atoms in total. The van der Waals surface area contributed by atoms with Gasteiger partial charge in [-0.2, -0.15) is 5.26 Å². The second kappa shape index (κ2) is 20.4. The zero-order chi connectivity index (χ0) is 29.0. The molecule has 3 N–H and O–H groups in total. The molecule has 0 radical (unpaired) electrons. The summed E-state index contributed by atoms with van der Waals surface area (Å²) < 4.78 is 23.5. The number of amides is 2. The van der Waals surface area contributed by atoms with Crippen LogP contribution in [0, 0.1) is 24.2 Å². The van der Waals surface area contributed by atoms with E-state index in [0.29, 0.717) is 6.41 Å². The highest BCUT2D eigenvalue weighted by Crippen LogP contribution is 2.30. The van der Waals surface area contributed by atoms with Crippen LogP contribution in [0.3, 0.4) is 0 Å². The number of benzene rings is 1. The summed E-state index contributed by atoms with van der Waals surface area (Å²) in [5.41, 5.74) is 2.30. The molecule has 3 atom stereocenters. The molecule has 3 unspecified atom stereocenters. The lowest BCUT2D eigenvalue weighted by atomic mass is 10.1. The molecular weight excluding hydrogens is 509 g/mol. The SMILES string of the molecule is CC(F)CNC(=O)C(C)C#N.CCC(C)(Nc1ccc(C)c(OCCN2CCOCC2)c1)SC.CNC=O. The molecule has 11 heteroatoms. The number of carbonyl (C=O) groups excluding carboxylic acids is 2. The maximum atomic E-state index is 12.1. The largest absolute Gasteiger partial charge is 0.492 e. The van der Waals surface area contributed by atoms with Gasteiger partial charge in [0.05, 0.1) is 24.2 Å². The third-order valence-corrected chi connectivity index (χ3v) is 7.05. The van der Waals surface area contributed by atoms with E-state index in [1.54, 1.807) is 13.1 Å². The number of rotatable bonds is 12. The summed E-state index contributed by atoms with van der Waals surface area (Å²) in [5.74, 6) is -0.145. The van der Waals surface area contributed by atoms with Gasteiger partial charge in [0.1, 0.15) is 24.4 Å². The van der Waals surface area contributed by atoms with E-state index in [1.165, 1.54) is 19.4 Å². The van der Waals surface area contributed by atoms with Crippen LogP contribution in [0.5, 0.6) is 5.75 Å². The second-order valence-electron chi connectivity index (χ2n) is 8.98. The molecule has 2 rings (SSSR count). The fourth-order valence-corrected chi connectivity index (χ4v) is 3.49. The number of nitriles is 1. The normalized spacial score (nSPS) is 16.0. The van der Waals surface area contributed by atoms with Gasteiger partial charge in [-0.15, -0.1) is 11.8 Å². The topological polar surface area (TPSA) is 116 Å². The Morgan fingerprint density at radius 1 is 1.37 bits per heavy atom. The number of ether oxygens (including phenoxy) is 2. The van der Waals surface area contributed by atoms with Gasteiger partial charge in [-0.05, 0) is 52.0 Å². The first-order valence-corrected chi connectivity index (χ1v) is 14.1. The highest BCUT2D eigenvalue weighted by molar-refractivity contribution is 8.00. The van der Waals surface area contributed by atoms with Crippen molar-refractivity contribution in [1.29, 1.82) is 5.26 Å². The number of carbonyl (C=O) groups is 2. The number of hydrogen-bond donors (Lipinski definition) is 3. The number of nitrogens with zero attached hydrogens (tertiary/aromatic N) is 2. The molecule has 1 aromatic carbocycles. The van der Waals surface area contributed by atoms with Crippen molar-refractivity contribution < 1.29 is 23.5 Å². The summed E-state index contributed by atoms with van der Waals surface area (Å²) in [6.45, 7) is 14.7.